The molecule has 0 heterocycles. The molecule has 0 amide bonds. The van der Waals surface area contributed by atoms with Crippen LogP contribution in [0.5, 0.6) is 0 Å². The normalized spacial score (nSPS) is 12.8. The molecule has 0 rings (SSSR count). The Morgan fingerprint density at radius 2 is 1.31 bits per heavy atom. The van der Waals surface area contributed by atoms with Crippen molar-refractivity contribution in [3.05, 3.63) is 34.9 Å². The summed E-state index contributed by atoms with van der Waals surface area (Å²) in [5.74, 6) is 0. The minimum atomic E-state index is 1.08. The third kappa shape index (κ3) is 10.2. The summed E-state index contributed by atoms with van der Waals surface area (Å²) < 4.78 is 0. The molecule has 92 valence electrons. The van der Waals surface area contributed by atoms with E-state index >= 15 is 0 Å². The van der Waals surface area contributed by atoms with Gasteiger partial charge in [0, 0.05) is 0 Å². The molecular weight excluding hydrogens is 211 g/mol. The van der Waals surface area contributed by atoms with Crippen molar-refractivity contribution in [1.82, 2.24) is 0 Å². The Kier molecular flexibility index (Phi) is 9.63. The molecule has 0 aliphatic rings. The maximum Gasteiger partial charge on any atom is -0.0197 e. The van der Waals surface area contributed by atoms with Crippen molar-refractivity contribution < 1.29 is 0 Å². The zero-order chi connectivity index (χ0) is 12.4. The largest absolute Gasteiger partial charge is 0.134 e. The minimum Gasteiger partial charge on any atom is -0.134 e. The maximum absolute atomic E-state index is 2.74. The summed E-state index contributed by atoms with van der Waals surface area (Å²) in [5.41, 5.74) is 4.45. The first-order chi connectivity index (χ1) is 7.56. The van der Waals surface area contributed by atoms with Gasteiger partial charge in [-0.3, -0.25) is 0 Å². The lowest BCUT2D eigenvalue weighted by atomic mass is 10.1. The molecule has 0 nitrogen and oxygen atoms in total. The molecule has 1 unspecified atom stereocenters. The highest BCUT2D eigenvalue weighted by molar-refractivity contribution is 7.16. The Morgan fingerprint density at radius 3 is 1.81 bits per heavy atom. The molecule has 0 saturated heterocycles. The molecule has 0 aromatic heterocycles. The van der Waals surface area contributed by atoms with Crippen LogP contribution in [0.15, 0.2) is 34.9 Å². The highest BCUT2D eigenvalue weighted by Crippen LogP contribution is 2.11. The lowest BCUT2D eigenvalue weighted by Gasteiger charge is -2.00. The fourth-order valence-electron chi connectivity index (χ4n) is 1.54. The second-order valence-corrected chi connectivity index (χ2v) is 5.17. The molecule has 0 radical (unpaired) electrons. The van der Waals surface area contributed by atoms with E-state index < -0.39 is 0 Å². The summed E-state index contributed by atoms with van der Waals surface area (Å²) in [5, 5.41) is 0. The van der Waals surface area contributed by atoms with Gasteiger partial charge in [0.05, 0.1) is 0 Å². The van der Waals surface area contributed by atoms with Crippen LogP contribution >= 0.6 is 9.24 Å². The first kappa shape index (κ1) is 15.7. The van der Waals surface area contributed by atoms with E-state index in [0.29, 0.717) is 0 Å². The van der Waals surface area contributed by atoms with E-state index in [0.717, 1.165) is 6.16 Å². The SMILES string of the molecule is CC(C)=CCC/C(C)=C/CCC(C)=CCP. The van der Waals surface area contributed by atoms with Crippen molar-refractivity contribution in [1.29, 1.82) is 0 Å². The fraction of sp³-hybridized carbons (Fsp3) is 0.600. The predicted molar refractivity (Wildman–Crippen MR) is 80.0 cm³/mol. The number of allylic oxidation sites excluding steroid dienone is 6. The Hall–Kier alpha value is -0.350. The van der Waals surface area contributed by atoms with Crippen LogP contribution in [0, 0.1) is 0 Å². The summed E-state index contributed by atoms with van der Waals surface area (Å²) in [6, 6.07) is 0. The van der Waals surface area contributed by atoms with Crippen LogP contribution in [0.4, 0.5) is 0 Å². The Bertz CT molecular complexity index is 265. The monoisotopic (exact) mass is 238 g/mol. The highest BCUT2D eigenvalue weighted by atomic mass is 31.0. The van der Waals surface area contributed by atoms with Gasteiger partial charge in [-0.05, 0) is 59.5 Å². The Balaban J connectivity index is 3.79. The van der Waals surface area contributed by atoms with Crippen LogP contribution in [0.1, 0.15) is 53.4 Å². The van der Waals surface area contributed by atoms with Gasteiger partial charge in [0.25, 0.3) is 0 Å². The minimum absolute atomic E-state index is 1.08. The Morgan fingerprint density at radius 1 is 0.812 bits per heavy atom. The second-order valence-electron chi connectivity index (χ2n) is 4.70. The van der Waals surface area contributed by atoms with Gasteiger partial charge in [-0.15, -0.1) is 9.24 Å². The summed E-state index contributed by atoms with van der Waals surface area (Å²) in [6.07, 6.45) is 12.9. The van der Waals surface area contributed by atoms with E-state index in [9.17, 15) is 0 Å². The van der Waals surface area contributed by atoms with Gasteiger partial charge in [0.2, 0.25) is 0 Å². The summed E-state index contributed by atoms with van der Waals surface area (Å²) in [6.45, 7) is 8.79. The maximum atomic E-state index is 2.74. The van der Waals surface area contributed by atoms with Gasteiger partial charge in [-0.25, -0.2) is 0 Å². The zero-order valence-electron chi connectivity index (χ0n) is 11.3. The van der Waals surface area contributed by atoms with Gasteiger partial charge < -0.3 is 0 Å². The first-order valence-corrected chi connectivity index (χ1v) is 7.02. The summed E-state index contributed by atoms with van der Waals surface area (Å²) in [4.78, 5) is 0. The standard InChI is InChI=1S/C15H27P/c1-13(2)7-5-8-14(3)9-6-10-15(4)11-12-16/h7,9,11H,5-6,8,10,12,16H2,1-4H3/b14-9+,15-11?. The summed E-state index contributed by atoms with van der Waals surface area (Å²) >= 11 is 0. The van der Waals surface area contributed by atoms with Crippen molar-refractivity contribution in [3.8, 4) is 0 Å². The molecule has 0 aromatic carbocycles. The van der Waals surface area contributed by atoms with Crippen molar-refractivity contribution in [2.24, 2.45) is 0 Å². The molecule has 0 aliphatic carbocycles. The molecule has 0 saturated carbocycles. The summed E-state index contributed by atoms with van der Waals surface area (Å²) in [7, 11) is 2.74. The third-order valence-electron chi connectivity index (χ3n) is 2.59. The van der Waals surface area contributed by atoms with Crippen LogP contribution in [0.3, 0.4) is 0 Å². The molecule has 0 N–H and O–H groups in total. The molecule has 0 fully saturated rings. The van der Waals surface area contributed by atoms with Crippen molar-refractivity contribution >= 4 is 9.24 Å². The molecule has 0 aliphatic heterocycles. The van der Waals surface area contributed by atoms with E-state index in [1.807, 2.05) is 0 Å². The van der Waals surface area contributed by atoms with Gasteiger partial charge in [0.1, 0.15) is 0 Å². The highest BCUT2D eigenvalue weighted by Gasteiger charge is 1.91. The smallest absolute Gasteiger partial charge is 0.0197 e. The first-order valence-electron chi connectivity index (χ1n) is 6.21. The number of hydrogen-bond donors (Lipinski definition) is 0. The van der Waals surface area contributed by atoms with Crippen molar-refractivity contribution in [2.75, 3.05) is 6.16 Å². The average Bonchev–Trinajstić information content (AvgIpc) is 2.17. The quantitative estimate of drug-likeness (QED) is 0.418. The van der Waals surface area contributed by atoms with E-state index in [1.165, 1.54) is 42.4 Å². The van der Waals surface area contributed by atoms with Crippen molar-refractivity contribution in [2.45, 2.75) is 53.4 Å². The van der Waals surface area contributed by atoms with E-state index in [1.54, 1.807) is 0 Å². The van der Waals surface area contributed by atoms with E-state index in [2.05, 4.69) is 55.2 Å². The topological polar surface area (TPSA) is 0 Å². The lowest BCUT2D eigenvalue weighted by Crippen LogP contribution is -1.80. The molecule has 1 heteroatoms. The van der Waals surface area contributed by atoms with Crippen molar-refractivity contribution in [3.63, 3.8) is 0 Å². The van der Waals surface area contributed by atoms with E-state index in [-0.39, 0.29) is 0 Å². The van der Waals surface area contributed by atoms with Gasteiger partial charge >= 0.3 is 0 Å². The van der Waals surface area contributed by atoms with Crippen LogP contribution < -0.4 is 0 Å². The average molecular weight is 238 g/mol. The molecule has 1 atom stereocenters. The zero-order valence-corrected chi connectivity index (χ0v) is 12.5. The molecule has 0 spiro atoms. The lowest BCUT2D eigenvalue weighted by molar-refractivity contribution is 0.917. The van der Waals surface area contributed by atoms with Gasteiger partial charge in [-0.1, -0.05) is 34.9 Å². The molecular formula is C15H27P. The van der Waals surface area contributed by atoms with Crippen LogP contribution in [0.2, 0.25) is 0 Å². The molecule has 0 aromatic rings. The fourth-order valence-corrected chi connectivity index (χ4v) is 1.94. The number of hydrogen-bond acceptors (Lipinski definition) is 0. The van der Waals surface area contributed by atoms with Crippen LogP contribution in [0.25, 0.3) is 0 Å². The van der Waals surface area contributed by atoms with Gasteiger partial charge in [0.15, 0.2) is 0 Å². The number of rotatable bonds is 7. The predicted octanol–water partition coefficient (Wildman–Crippen LogP) is 5.28. The second kappa shape index (κ2) is 9.85. The molecule has 0 bridgehead atoms. The van der Waals surface area contributed by atoms with Crippen LogP contribution in [-0.4, -0.2) is 6.16 Å². The van der Waals surface area contributed by atoms with Crippen LogP contribution in [-0.2, 0) is 0 Å². The third-order valence-corrected chi connectivity index (χ3v) is 2.82. The van der Waals surface area contributed by atoms with E-state index in [4.69, 9.17) is 0 Å². The molecule has 16 heavy (non-hydrogen) atoms. The van der Waals surface area contributed by atoms with Gasteiger partial charge in [-0.2, -0.15) is 0 Å². The Labute approximate surface area is 104 Å².